The van der Waals surface area contributed by atoms with E-state index >= 15 is 0 Å². The number of hydrogen-bond donors (Lipinski definition) is 1. The van der Waals surface area contributed by atoms with E-state index < -0.39 is 17.6 Å². The Morgan fingerprint density at radius 1 is 1.37 bits per heavy atom. The van der Waals surface area contributed by atoms with Gasteiger partial charge in [0.25, 0.3) is 0 Å². The van der Waals surface area contributed by atoms with Crippen LogP contribution in [0.15, 0.2) is 51.1 Å². The molecule has 8 heteroatoms. The van der Waals surface area contributed by atoms with Crippen LogP contribution in [0.4, 0.5) is 4.39 Å². The number of ether oxygens (including phenoxy) is 2. The Bertz CT molecular complexity index is 951. The molecule has 0 unspecified atom stereocenters. The Morgan fingerprint density at radius 3 is 2.74 bits per heavy atom. The number of ketones is 1. The molecule has 1 aromatic rings. The molecule has 1 N–H and O–H groups in total. The molecule has 0 atom stereocenters. The lowest BCUT2D eigenvalue weighted by Crippen LogP contribution is -2.20. The smallest absolute Gasteiger partial charge is 0.307 e. The predicted molar refractivity (Wildman–Crippen MR) is 99.0 cm³/mol. The zero-order valence-electron chi connectivity index (χ0n) is 15.1. The molecule has 6 nitrogen and oxygen atoms in total. The van der Waals surface area contributed by atoms with Gasteiger partial charge in [-0.1, -0.05) is 11.3 Å². The lowest BCUT2D eigenvalue weighted by Gasteiger charge is -2.21. The average Bonchev–Trinajstić information content (AvgIpc) is 3.18. The third-order valence-electron chi connectivity index (χ3n) is 4.23. The van der Waals surface area contributed by atoms with Crippen molar-refractivity contribution in [3.05, 3.63) is 51.0 Å². The Labute approximate surface area is 159 Å². The molecule has 1 aliphatic heterocycles. The monoisotopic (exact) mass is 391 g/mol. The third kappa shape index (κ3) is 3.44. The van der Waals surface area contributed by atoms with Crippen LogP contribution in [0, 0.1) is 0 Å². The number of carboxylic acids is 1. The van der Waals surface area contributed by atoms with E-state index in [4.69, 9.17) is 9.47 Å². The fraction of sp³-hybridized carbons (Fsp3) is 0.316. The van der Waals surface area contributed by atoms with Gasteiger partial charge in [0.15, 0.2) is 10.8 Å². The number of aliphatic carboxylic acids is 1. The minimum Gasteiger partial charge on any atom is -0.493 e. The predicted octanol–water partition coefficient (Wildman–Crippen LogP) is 4.06. The summed E-state index contributed by atoms with van der Waals surface area (Å²) in [4.78, 5) is 29.1. The second-order valence-corrected chi connectivity index (χ2v) is 6.99. The zero-order chi connectivity index (χ0) is 19.7. The van der Waals surface area contributed by atoms with Crippen LogP contribution in [0.1, 0.15) is 36.4 Å². The first-order valence-electron chi connectivity index (χ1n) is 8.31. The average molecular weight is 391 g/mol. The first-order chi connectivity index (χ1) is 12.9. The van der Waals surface area contributed by atoms with Crippen molar-refractivity contribution >= 4 is 28.8 Å². The van der Waals surface area contributed by atoms with Gasteiger partial charge < -0.3 is 14.6 Å². The number of fused-ring (bicyclic) bond motifs is 1. The molecule has 0 spiro atoms. The van der Waals surface area contributed by atoms with Crippen LogP contribution in [-0.4, -0.2) is 36.3 Å². The molecule has 3 rings (SSSR count). The molecule has 0 amide bonds. The number of halogens is 1. The lowest BCUT2D eigenvalue weighted by atomic mass is 9.85. The van der Waals surface area contributed by atoms with E-state index in [0.717, 1.165) is 11.3 Å². The number of Topliss-reactive ketones (excluding diaryl/α,β-unsaturated/α-hetero) is 1. The maximum atomic E-state index is 14.6. The molecule has 27 heavy (non-hydrogen) atoms. The maximum absolute atomic E-state index is 14.6. The minimum atomic E-state index is -1.05. The van der Waals surface area contributed by atoms with Crippen molar-refractivity contribution in [2.45, 2.75) is 26.7 Å². The number of methoxy groups -OCH3 is 1. The van der Waals surface area contributed by atoms with E-state index in [1.165, 1.54) is 7.11 Å². The topological polar surface area (TPSA) is 85.2 Å². The standard InChI is InChI=1S/C19H18FNO5S/c1-4-26-15-6-5-13(27-15)18(24)17-16-10(7-14(22)23)9(2)21-12(16)8-11(20)19(17)25-3/h5-6H,4,7-8H2,1-3H3,(H,22,23). The van der Waals surface area contributed by atoms with E-state index in [1.54, 1.807) is 19.1 Å². The van der Waals surface area contributed by atoms with E-state index in [9.17, 15) is 19.1 Å². The maximum Gasteiger partial charge on any atom is 0.307 e. The van der Waals surface area contributed by atoms with Crippen molar-refractivity contribution in [1.82, 2.24) is 0 Å². The normalized spacial score (nSPS) is 16.5. The molecule has 0 saturated heterocycles. The van der Waals surface area contributed by atoms with Gasteiger partial charge in [-0.05, 0) is 31.6 Å². The first kappa shape index (κ1) is 19.0. The first-order valence-corrected chi connectivity index (χ1v) is 9.13. The van der Waals surface area contributed by atoms with Gasteiger partial charge >= 0.3 is 5.97 Å². The quantitative estimate of drug-likeness (QED) is 0.709. The number of carbonyl (C=O) groups excluding carboxylic acids is 1. The summed E-state index contributed by atoms with van der Waals surface area (Å²) in [5.41, 5.74) is 1.61. The van der Waals surface area contributed by atoms with Gasteiger partial charge in [-0.2, -0.15) is 0 Å². The van der Waals surface area contributed by atoms with Crippen LogP contribution < -0.4 is 4.74 Å². The Hall–Kier alpha value is -2.74. The number of carboxylic acid groups (broad SMARTS) is 1. The van der Waals surface area contributed by atoms with E-state index in [2.05, 4.69) is 4.99 Å². The van der Waals surface area contributed by atoms with Gasteiger partial charge in [-0.25, -0.2) is 4.39 Å². The summed E-state index contributed by atoms with van der Waals surface area (Å²) < 4.78 is 25.2. The summed E-state index contributed by atoms with van der Waals surface area (Å²) in [6.45, 7) is 3.95. The van der Waals surface area contributed by atoms with E-state index in [0.29, 0.717) is 39.1 Å². The highest BCUT2D eigenvalue weighted by molar-refractivity contribution is 7.16. The number of thiophene rings is 1. The summed E-state index contributed by atoms with van der Waals surface area (Å²) >= 11 is 1.14. The van der Waals surface area contributed by atoms with E-state index in [1.807, 2.05) is 6.92 Å². The van der Waals surface area contributed by atoms with Gasteiger partial charge in [-0.15, -0.1) is 0 Å². The number of aliphatic imine (C=N–C) groups is 1. The lowest BCUT2D eigenvalue weighted by molar-refractivity contribution is -0.136. The highest BCUT2D eigenvalue weighted by atomic mass is 32.1. The molecule has 0 bridgehead atoms. The van der Waals surface area contributed by atoms with Crippen molar-refractivity contribution in [3.63, 3.8) is 0 Å². The summed E-state index contributed by atoms with van der Waals surface area (Å²) in [6.07, 6.45) is -0.442. The van der Waals surface area contributed by atoms with Gasteiger partial charge in [0, 0.05) is 17.7 Å². The molecule has 0 aromatic carbocycles. The minimum absolute atomic E-state index is 0.0120. The summed E-state index contributed by atoms with van der Waals surface area (Å²) in [5.74, 6) is -2.27. The molecule has 0 radical (unpaired) electrons. The molecular formula is C19H18FNO5S. The van der Waals surface area contributed by atoms with Crippen molar-refractivity contribution in [3.8, 4) is 5.06 Å². The largest absolute Gasteiger partial charge is 0.493 e. The molecule has 0 fully saturated rings. The third-order valence-corrected chi connectivity index (χ3v) is 5.22. The summed E-state index contributed by atoms with van der Waals surface area (Å²) in [6, 6.07) is 3.27. The van der Waals surface area contributed by atoms with Crippen molar-refractivity contribution in [1.29, 1.82) is 0 Å². The molecule has 0 saturated carbocycles. The molecule has 142 valence electrons. The second-order valence-electron chi connectivity index (χ2n) is 5.94. The summed E-state index contributed by atoms with van der Waals surface area (Å²) in [5, 5.41) is 9.81. The van der Waals surface area contributed by atoms with Crippen molar-refractivity contribution < 1.29 is 28.6 Å². The molecule has 2 aliphatic rings. The van der Waals surface area contributed by atoms with Crippen LogP contribution in [0.2, 0.25) is 0 Å². The van der Waals surface area contributed by atoms with Crippen LogP contribution in [0.3, 0.4) is 0 Å². The fourth-order valence-electron chi connectivity index (χ4n) is 3.16. The number of hydrogen-bond acceptors (Lipinski definition) is 6. The van der Waals surface area contributed by atoms with Crippen molar-refractivity contribution in [2.24, 2.45) is 4.99 Å². The molecule has 1 aromatic heterocycles. The highest BCUT2D eigenvalue weighted by Crippen LogP contribution is 2.42. The number of nitrogens with zero attached hydrogens (tertiary/aromatic N) is 1. The number of rotatable bonds is 7. The molecule has 2 heterocycles. The zero-order valence-corrected chi connectivity index (χ0v) is 15.9. The number of carbonyl (C=O) groups is 2. The van der Waals surface area contributed by atoms with E-state index in [-0.39, 0.29) is 24.2 Å². The van der Waals surface area contributed by atoms with Gasteiger partial charge in [0.2, 0.25) is 5.78 Å². The van der Waals surface area contributed by atoms with Crippen molar-refractivity contribution in [2.75, 3.05) is 13.7 Å². The van der Waals surface area contributed by atoms with Crippen LogP contribution >= 0.6 is 11.3 Å². The van der Waals surface area contributed by atoms with Gasteiger partial charge in [-0.3, -0.25) is 14.6 Å². The van der Waals surface area contributed by atoms with Crippen LogP contribution in [-0.2, 0) is 9.53 Å². The Kier molecular flexibility index (Phi) is 5.27. The number of allylic oxidation sites excluding steroid dienone is 4. The fourth-order valence-corrected chi connectivity index (χ4v) is 4.02. The molecule has 1 aliphatic carbocycles. The van der Waals surface area contributed by atoms with Crippen LogP contribution in [0.5, 0.6) is 5.06 Å². The molecular weight excluding hydrogens is 373 g/mol. The Balaban J connectivity index is 2.16. The highest BCUT2D eigenvalue weighted by Gasteiger charge is 2.38. The van der Waals surface area contributed by atoms with Crippen LogP contribution in [0.25, 0.3) is 0 Å². The van der Waals surface area contributed by atoms with Gasteiger partial charge in [0.05, 0.1) is 36.3 Å². The second kappa shape index (κ2) is 7.48. The van der Waals surface area contributed by atoms with Gasteiger partial charge in [0.1, 0.15) is 5.83 Å². The summed E-state index contributed by atoms with van der Waals surface area (Å²) in [7, 11) is 1.29. The Morgan fingerprint density at radius 2 is 2.11 bits per heavy atom. The SMILES string of the molecule is CCOc1ccc(C(=O)C2=C3C(=NC(C)=C3CC(=O)O)CC(F)=C2OC)s1.